The topological polar surface area (TPSA) is 67.4 Å². The summed E-state index contributed by atoms with van der Waals surface area (Å²) < 4.78 is 32.1. The van der Waals surface area contributed by atoms with Gasteiger partial charge in [0.05, 0.1) is 17.6 Å². The van der Waals surface area contributed by atoms with Crippen molar-refractivity contribution in [2.75, 3.05) is 19.7 Å². The van der Waals surface area contributed by atoms with Gasteiger partial charge in [0.15, 0.2) is 0 Å². The van der Waals surface area contributed by atoms with E-state index in [9.17, 15) is 8.42 Å². The second-order valence-corrected chi connectivity index (χ2v) is 7.04. The zero-order valence-electron chi connectivity index (χ0n) is 11.6. The van der Waals surface area contributed by atoms with Crippen molar-refractivity contribution in [1.29, 1.82) is 0 Å². The maximum atomic E-state index is 12.1. The van der Waals surface area contributed by atoms with Crippen LogP contribution in [0.15, 0.2) is 16.3 Å². The van der Waals surface area contributed by atoms with Gasteiger partial charge in [0.25, 0.3) is 0 Å². The highest BCUT2D eigenvalue weighted by Crippen LogP contribution is 2.21. The highest BCUT2D eigenvalue weighted by Gasteiger charge is 2.18. The predicted molar refractivity (Wildman–Crippen MR) is 78.0 cm³/mol. The van der Waals surface area contributed by atoms with Gasteiger partial charge in [0, 0.05) is 18.0 Å². The van der Waals surface area contributed by atoms with Crippen molar-refractivity contribution >= 4 is 21.4 Å². The quantitative estimate of drug-likeness (QED) is 0.680. The first-order valence-corrected chi connectivity index (χ1v) is 8.72. The van der Waals surface area contributed by atoms with Crippen LogP contribution in [-0.2, 0) is 21.3 Å². The van der Waals surface area contributed by atoms with Crippen molar-refractivity contribution in [1.82, 2.24) is 10.0 Å². The lowest BCUT2D eigenvalue weighted by Gasteiger charge is -2.10. The van der Waals surface area contributed by atoms with Crippen LogP contribution in [0.1, 0.15) is 25.6 Å². The molecule has 1 heterocycles. The van der Waals surface area contributed by atoms with Crippen LogP contribution in [0.25, 0.3) is 0 Å². The molecule has 0 saturated carbocycles. The Labute approximate surface area is 119 Å². The van der Waals surface area contributed by atoms with Gasteiger partial charge in [0.2, 0.25) is 10.0 Å². The highest BCUT2D eigenvalue weighted by atomic mass is 32.2. The van der Waals surface area contributed by atoms with E-state index >= 15 is 0 Å². The monoisotopic (exact) mass is 306 g/mol. The third kappa shape index (κ3) is 5.58. The van der Waals surface area contributed by atoms with Crippen LogP contribution in [0.3, 0.4) is 0 Å². The molecule has 0 aliphatic carbocycles. The lowest BCUT2D eigenvalue weighted by molar-refractivity contribution is 0.0834. The van der Waals surface area contributed by atoms with Gasteiger partial charge in [-0.1, -0.05) is 6.92 Å². The summed E-state index contributed by atoms with van der Waals surface area (Å²) in [5.74, 6) is 0. The molecule has 5 nitrogen and oxygen atoms in total. The maximum Gasteiger partial charge on any atom is 0.241 e. The summed E-state index contributed by atoms with van der Waals surface area (Å²) in [4.78, 5) is 1.20. The lowest BCUT2D eigenvalue weighted by Crippen LogP contribution is -2.29. The molecule has 0 bridgehead atoms. The van der Waals surface area contributed by atoms with E-state index in [-0.39, 0.29) is 12.6 Å². The first-order valence-electron chi connectivity index (χ1n) is 6.35. The minimum atomic E-state index is -3.44. The van der Waals surface area contributed by atoms with E-state index in [0.29, 0.717) is 18.0 Å². The Morgan fingerprint density at radius 3 is 2.79 bits per heavy atom. The summed E-state index contributed by atoms with van der Waals surface area (Å²) >= 11 is 1.45. The van der Waals surface area contributed by atoms with E-state index < -0.39 is 10.0 Å². The van der Waals surface area contributed by atoms with Crippen molar-refractivity contribution in [2.45, 2.75) is 38.3 Å². The molecule has 0 aliphatic heterocycles. The molecule has 7 heteroatoms. The van der Waals surface area contributed by atoms with Crippen molar-refractivity contribution in [3.63, 3.8) is 0 Å². The van der Waals surface area contributed by atoms with E-state index in [1.165, 1.54) is 11.3 Å². The predicted octanol–water partition coefficient (Wildman–Crippen LogP) is 1.56. The van der Waals surface area contributed by atoms with E-state index in [1.54, 1.807) is 11.4 Å². The van der Waals surface area contributed by atoms with Crippen LogP contribution in [-0.4, -0.2) is 34.2 Å². The van der Waals surface area contributed by atoms with Gasteiger partial charge in [-0.05, 0) is 31.8 Å². The molecule has 0 radical (unpaired) electrons. The molecule has 0 aromatic carbocycles. The first kappa shape index (κ1) is 16.6. The number of hydrogen-bond acceptors (Lipinski definition) is 5. The molecule has 0 saturated heterocycles. The molecular formula is C12H22N2O3S2. The molecule has 1 aromatic heterocycles. The fourth-order valence-corrected chi connectivity index (χ4v) is 3.91. The standard InChI is InChI=1S/C12H22N2O3S2/c1-4-13-9-11-12(5-8-18-11)19(15,16)14-6-7-17-10(2)3/h5,8,10,13-14H,4,6-7,9H2,1-3H3. The number of sulfonamides is 1. The fraction of sp³-hybridized carbons (Fsp3) is 0.667. The van der Waals surface area contributed by atoms with Gasteiger partial charge in [-0.15, -0.1) is 11.3 Å². The number of hydrogen-bond donors (Lipinski definition) is 2. The Bertz CT molecular complexity index is 469. The van der Waals surface area contributed by atoms with Crippen LogP contribution in [0.4, 0.5) is 0 Å². The summed E-state index contributed by atoms with van der Waals surface area (Å²) in [6, 6.07) is 1.64. The normalized spacial score (nSPS) is 12.2. The van der Waals surface area contributed by atoms with Crippen LogP contribution in [0, 0.1) is 0 Å². The van der Waals surface area contributed by atoms with Gasteiger partial charge in [-0.3, -0.25) is 0 Å². The van der Waals surface area contributed by atoms with Gasteiger partial charge < -0.3 is 10.1 Å². The van der Waals surface area contributed by atoms with Gasteiger partial charge >= 0.3 is 0 Å². The molecule has 1 rings (SSSR count). The van der Waals surface area contributed by atoms with Crippen LogP contribution in [0.5, 0.6) is 0 Å². The summed E-state index contributed by atoms with van der Waals surface area (Å²) in [5.41, 5.74) is 0. The summed E-state index contributed by atoms with van der Waals surface area (Å²) in [6.45, 7) is 7.88. The number of ether oxygens (including phenoxy) is 1. The molecule has 0 spiro atoms. The second-order valence-electron chi connectivity index (χ2n) is 4.31. The van der Waals surface area contributed by atoms with Crippen LogP contribution >= 0.6 is 11.3 Å². The molecule has 1 aromatic rings. The second kappa shape index (κ2) is 7.96. The fourth-order valence-electron chi connectivity index (χ4n) is 1.48. The molecule has 110 valence electrons. The summed E-state index contributed by atoms with van der Waals surface area (Å²) in [5, 5.41) is 4.94. The molecule has 0 fully saturated rings. The average molecular weight is 306 g/mol. The van der Waals surface area contributed by atoms with E-state index in [0.717, 1.165) is 11.4 Å². The summed E-state index contributed by atoms with van der Waals surface area (Å²) in [7, 11) is -3.44. The molecule has 0 aliphatic rings. The number of thiophene rings is 1. The average Bonchev–Trinajstić information content (AvgIpc) is 2.81. The van der Waals surface area contributed by atoms with E-state index in [4.69, 9.17) is 4.74 Å². The third-order valence-electron chi connectivity index (χ3n) is 2.37. The van der Waals surface area contributed by atoms with Crippen LogP contribution in [0.2, 0.25) is 0 Å². The first-order chi connectivity index (χ1) is 8.97. The zero-order valence-corrected chi connectivity index (χ0v) is 13.2. The van der Waals surface area contributed by atoms with Crippen LogP contribution < -0.4 is 10.0 Å². The molecule has 2 N–H and O–H groups in total. The molecule has 0 atom stereocenters. The largest absolute Gasteiger partial charge is 0.377 e. The Balaban J connectivity index is 2.59. The Morgan fingerprint density at radius 1 is 1.42 bits per heavy atom. The third-order valence-corrected chi connectivity index (χ3v) is 4.97. The summed E-state index contributed by atoms with van der Waals surface area (Å²) in [6.07, 6.45) is 0.106. The molecule has 0 unspecified atom stereocenters. The Kier molecular flexibility index (Phi) is 6.95. The Morgan fingerprint density at radius 2 is 2.16 bits per heavy atom. The van der Waals surface area contributed by atoms with Crippen molar-refractivity contribution < 1.29 is 13.2 Å². The number of rotatable bonds is 9. The van der Waals surface area contributed by atoms with Crippen molar-refractivity contribution in [3.05, 3.63) is 16.3 Å². The van der Waals surface area contributed by atoms with Crippen molar-refractivity contribution in [3.8, 4) is 0 Å². The minimum Gasteiger partial charge on any atom is -0.377 e. The van der Waals surface area contributed by atoms with Crippen molar-refractivity contribution in [2.24, 2.45) is 0 Å². The Hall–Kier alpha value is -0.470. The highest BCUT2D eigenvalue weighted by molar-refractivity contribution is 7.89. The van der Waals surface area contributed by atoms with E-state index in [2.05, 4.69) is 10.0 Å². The number of nitrogens with one attached hydrogen (secondary N) is 2. The van der Waals surface area contributed by atoms with Gasteiger partial charge in [-0.2, -0.15) is 0 Å². The SMILES string of the molecule is CCNCc1sccc1S(=O)(=O)NCCOC(C)C. The molecule has 0 amide bonds. The minimum absolute atomic E-state index is 0.106. The van der Waals surface area contributed by atoms with Gasteiger partial charge in [-0.25, -0.2) is 13.1 Å². The lowest BCUT2D eigenvalue weighted by atomic mass is 10.4. The zero-order chi connectivity index (χ0) is 14.3. The van der Waals surface area contributed by atoms with E-state index in [1.807, 2.05) is 20.8 Å². The molecule has 19 heavy (non-hydrogen) atoms. The maximum absolute atomic E-state index is 12.1. The van der Waals surface area contributed by atoms with Gasteiger partial charge in [0.1, 0.15) is 0 Å². The smallest absolute Gasteiger partial charge is 0.241 e. The molecular weight excluding hydrogens is 284 g/mol.